The number of hydrogen-bond donors (Lipinski definition) is 5. The van der Waals surface area contributed by atoms with Crippen molar-refractivity contribution in [2.45, 2.75) is 24.0 Å². The Morgan fingerprint density at radius 1 is 1.60 bits per heavy atom. The number of nitrogens with zero attached hydrogens (tertiary/aromatic N) is 3. The molecule has 0 radical (unpaired) electrons. The molecule has 2 aromatic heterocycles. The number of aliphatic hydroxyl groups is 3. The molecule has 12 heteroatoms. The van der Waals surface area contributed by atoms with E-state index in [4.69, 9.17) is 10.5 Å². The summed E-state index contributed by atoms with van der Waals surface area (Å²) >= 11 is 0. The molecule has 6 N–H and O–H groups in total. The molecule has 134 valence electrons. The summed E-state index contributed by atoms with van der Waals surface area (Å²) in [7, 11) is 0. The first-order valence-corrected chi connectivity index (χ1v) is 6.96. The summed E-state index contributed by atoms with van der Waals surface area (Å²) < 4.78 is 31.2. The second-order valence-electron chi connectivity index (χ2n) is 5.37. The van der Waals surface area contributed by atoms with Gasteiger partial charge in [-0.3, -0.25) is 14.3 Å². The molecule has 0 bridgehead atoms. The highest BCUT2D eigenvalue weighted by Crippen LogP contribution is 2.40. The summed E-state index contributed by atoms with van der Waals surface area (Å²) in [4.78, 5) is 21.7. The molecular formula is C13H13F2N5O5. The van der Waals surface area contributed by atoms with Gasteiger partial charge >= 0.3 is 6.08 Å². The Labute approximate surface area is 137 Å². The van der Waals surface area contributed by atoms with E-state index in [9.17, 15) is 28.9 Å². The fourth-order valence-electron chi connectivity index (χ4n) is 2.67. The van der Waals surface area contributed by atoms with Crippen molar-refractivity contribution in [1.29, 1.82) is 0 Å². The number of aromatic nitrogens is 4. The predicted molar refractivity (Wildman–Crippen MR) is 78.3 cm³/mol. The second-order valence-corrected chi connectivity index (χ2v) is 5.37. The number of anilines is 1. The lowest BCUT2D eigenvalue weighted by Crippen LogP contribution is -2.45. The van der Waals surface area contributed by atoms with Crippen molar-refractivity contribution < 1.29 is 28.8 Å². The van der Waals surface area contributed by atoms with E-state index in [2.05, 4.69) is 15.0 Å². The minimum atomic E-state index is -2.40. The third-order valence-corrected chi connectivity index (χ3v) is 3.82. The van der Waals surface area contributed by atoms with Crippen LogP contribution in [-0.4, -0.2) is 59.3 Å². The molecule has 1 fully saturated rings. The number of aromatic amines is 1. The van der Waals surface area contributed by atoms with Gasteiger partial charge in [0.25, 0.3) is 5.56 Å². The van der Waals surface area contributed by atoms with Crippen LogP contribution in [0.4, 0.5) is 14.7 Å². The number of halogens is 2. The molecule has 0 unspecified atom stereocenters. The zero-order chi connectivity index (χ0) is 18.4. The maximum absolute atomic E-state index is 12.4. The van der Waals surface area contributed by atoms with Crippen LogP contribution >= 0.6 is 0 Å². The van der Waals surface area contributed by atoms with E-state index in [1.165, 1.54) is 5.73 Å². The van der Waals surface area contributed by atoms with Crippen LogP contribution in [0.3, 0.4) is 0 Å². The van der Waals surface area contributed by atoms with Crippen LogP contribution in [0.25, 0.3) is 11.2 Å². The van der Waals surface area contributed by atoms with E-state index in [-0.39, 0.29) is 17.1 Å². The van der Waals surface area contributed by atoms with Gasteiger partial charge in [-0.2, -0.15) is 13.8 Å². The number of imidazole rings is 1. The minimum absolute atomic E-state index is 0.103. The molecule has 3 heterocycles. The first-order valence-electron chi connectivity index (χ1n) is 6.96. The molecule has 4 atom stereocenters. The number of nitrogen functional groups attached to an aromatic ring is 1. The van der Waals surface area contributed by atoms with E-state index in [1.54, 1.807) is 0 Å². The fraction of sp³-hybridized carbons (Fsp3) is 0.385. The van der Waals surface area contributed by atoms with Crippen LogP contribution < -0.4 is 11.3 Å². The molecule has 2 aromatic rings. The number of H-pyrrole nitrogens is 1. The summed E-state index contributed by atoms with van der Waals surface area (Å²) in [6, 6.07) is 0. The largest absolute Gasteiger partial charge is 0.394 e. The number of ether oxygens (including phenoxy) is 1. The lowest BCUT2D eigenvalue weighted by atomic mass is 9.94. The molecule has 10 nitrogen and oxygen atoms in total. The summed E-state index contributed by atoms with van der Waals surface area (Å²) in [5, 5.41) is 30.1. The Morgan fingerprint density at radius 3 is 2.96 bits per heavy atom. The summed E-state index contributed by atoms with van der Waals surface area (Å²) in [5.74, 6) is -0.245. The number of nitrogens with two attached hydrogens (primary N) is 1. The molecule has 0 saturated carbocycles. The number of fused-ring (bicyclic) bond motifs is 1. The van der Waals surface area contributed by atoms with E-state index >= 15 is 0 Å². The van der Waals surface area contributed by atoms with Gasteiger partial charge in [0.05, 0.1) is 12.9 Å². The van der Waals surface area contributed by atoms with Crippen molar-refractivity contribution >= 4 is 17.1 Å². The summed E-state index contributed by atoms with van der Waals surface area (Å²) in [5.41, 5.74) is 3.68. The highest BCUT2D eigenvalue weighted by Gasteiger charge is 2.55. The molecule has 0 aliphatic carbocycles. The van der Waals surface area contributed by atoms with Crippen LogP contribution in [0.5, 0.6) is 0 Å². The SMILES string of the molecule is Nc1nc2c(ncn2[C@@H]2O[C@H](CO)[C@@H](O)[C@]2(O)C=C=C(F)F)c(=O)[nH]1. The Bertz CT molecular complexity index is 933. The normalized spacial score (nSPS) is 28.9. The van der Waals surface area contributed by atoms with Gasteiger partial charge in [-0.25, -0.2) is 4.98 Å². The molecule has 0 amide bonds. The quantitative estimate of drug-likeness (QED) is 0.420. The van der Waals surface area contributed by atoms with Crippen molar-refractivity contribution in [3.8, 4) is 0 Å². The summed E-state index contributed by atoms with van der Waals surface area (Å²) in [6.07, 6.45) is -5.21. The number of nitrogens with one attached hydrogen (secondary N) is 1. The standard InChI is InChI=1S/C13H13F2N5O5/c14-6(15)1-2-13(24)8(22)5(3-21)25-11(13)20-4-17-7-9(20)18-12(16)19-10(7)23/h2,4-5,8,11,21-22,24H,3H2,(H3,16,18,19,23)/t5-,8-,11-,13-/m1/s1. The van der Waals surface area contributed by atoms with Gasteiger partial charge in [0.1, 0.15) is 12.2 Å². The van der Waals surface area contributed by atoms with E-state index in [1.807, 2.05) is 0 Å². The lowest BCUT2D eigenvalue weighted by Gasteiger charge is -2.27. The zero-order valence-corrected chi connectivity index (χ0v) is 12.4. The van der Waals surface area contributed by atoms with Gasteiger partial charge in [-0.15, -0.1) is 0 Å². The minimum Gasteiger partial charge on any atom is -0.394 e. The average molecular weight is 357 g/mol. The van der Waals surface area contributed by atoms with E-state index in [0.717, 1.165) is 10.9 Å². The van der Waals surface area contributed by atoms with Gasteiger partial charge in [0.2, 0.25) is 5.95 Å². The van der Waals surface area contributed by atoms with Gasteiger partial charge in [-0.05, 0) is 0 Å². The zero-order valence-electron chi connectivity index (χ0n) is 12.4. The van der Waals surface area contributed by atoms with Crippen LogP contribution in [0.2, 0.25) is 0 Å². The molecule has 1 saturated heterocycles. The smallest absolute Gasteiger partial charge is 0.312 e. The topological polar surface area (TPSA) is 160 Å². The van der Waals surface area contributed by atoms with Crippen molar-refractivity contribution in [1.82, 2.24) is 19.5 Å². The summed E-state index contributed by atoms with van der Waals surface area (Å²) in [6.45, 7) is -0.696. The first kappa shape index (κ1) is 17.2. The van der Waals surface area contributed by atoms with Crippen LogP contribution in [-0.2, 0) is 4.74 Å². The first-order chi connectivity index (χ1) is 11.8. The molecule has 25 heavy (non-hydrogen) atoms. The Hall–Kier alpha value is -2.63. The number of aliphatic hydroxyl groups excluding tert-OH is 2. The van der Waals surface area contributed by atoms with Crippen LogP contribution in [0.15, 0.2) is 29.0 Å². The van der Waals surface area contributed by atoms with Gasteiger partial charge in [0.15, 0.2) is 23.0 Å². The Morgan fingerprint density at radius 2 is 2.32 bits per heavy atom. The molecule has 1 aliphatic heterocycles. The number of hydrogen-bond acceptors (Lipinski definition) is 8. The van der Waals surface area contributed by atoms with Crippen molar-refractivity contribution in [2.24, 2.45) is 0 Å². The molecule has 0 aromatic carbocycles. The second kappa shape index (κ2) is 6.02. The van der Waals surface area contributed by atoms with Gasteiger partial charge in [0, 0.05) is 6.08 Å². The molecule has 1 aliphatic rings. The highest BCUT2D eigenvalue weighted by atomic mass is 19.3. The van der Waals surface area contributed by atoms with Gasteiger partial charge in [-0.1, -0.05) is 5.73 Å². The van der Waals surface area contributed by atoms with Gasteiger partial charge < -0.3 is 25.8 Å². The highest BCUT2D eigenvalue weighted by molar-refractivity contribution is 5.70. The third kappa shape index (κ3) is 2.71. The van der Waals surface area contributed by atoms with E-state index in [0.29, 0.717) is 6.08 Å². The molecule has 3 rings (SSSR count). The Kier molecular flexibility index (Phi) is 4.14. The fourth-order valence-corrected chi connectivity index (χ4v) is 2.67. The van der Waals surface area contributed by atoms with Crippen LogP contribution in [0.1, 0.15) is 6.23 Å². The average Bonchev–Trinajstić information content (AvgIpc) is 3.06. The predicted octanol–water partition coefficient (Wildman–Crippen LogP) is -1.38. The lowest BCUT2D eigenvalue weighted by molar-refractivity contribution is -0.0772. The van der Waals surface area contributed by atoms with E-state index < -0.39 is 42.3 Å². The third-order valence-electron chi connectivity index (χ3n) is 3.82. The van der Waals surface area contributed by atoms with Crippen molar-refractivity contribution in [3.63, 3.8) is 0 Å². The molecule has 0 spiro atoms. The monoisotopic (exact) mass is 357 g/mol. The maximum atomic E-state index is 12.4. The van der Waals surface area contributed by atoms with Crippen LogP contribution in [0, 0.1) is 0 Å². The Balaban J connectivity index is 2.20. The molecular weight excluding hydrogens is 344 g/mol. The van der Waals surface area contributed by atoms with Crippen molar-refractivity contribution in [2.75, 3.05) is 12.3 Å². The maximum Gasteiger partial charge on any atom is 0.312 e. The number of rotatable bonds is 3. The van der Waals surface area contributed by atoms with Crippen molar-refractivity contribution in [3.05, 3.63) is 34.6 Å².